The Kier molecular flexibility index (Phi) is 3.75. The summed E-state index contributed by atoms with van der Waals surface area (Å²) in [7, 11) is 1.88. The normalized spacial score (nSPS) is 13.2. The summed E-state index contributed by atoms with van der Waals surface area (Å²) in [6.45, 7) is 1.24. The number of rotatable bonds is 4. The van der Waals surface area contributed by atoms with E-state index in [9.17, 15) is 4.79 Å². The van der Waals surface area contributed by atoms with Crippen molar-refractivity contribution in [1.29, 1.82) is 0 Å². The van der Waals surface area contributed by atoms with E-state index in [-0.39, 0.29) is 5.56 Å². The highest BCUT2D eigenvalue weighted by molar-refractivity contribution is 7.19. The number of aromatic amines is 1. The van der Waals surface area contributed by atoms with Gasteiger partial charge in [0.15, 0.2) is 5.65 Å². The van der Waals surface area contributed by atoms with Gasteiger partial charge >= 0.3 is 0 Å². The molecular formula is C20H18N8OS. The average molecular weight is 418 g/mol. The Balaban J connectivity index is 1.40. The van der Waals surface area contributed by atoms with Gasteiger partial charge in [0.2, 0.25) is 0 Å². The third-order valence-corrected chi connectivity index (χ3v) is 6.57. The SMILES string of the molecule is Cn1c2nc(Cc3cc[nH]n3)sc2c2cnn(Cc3ccc4c(n3)NCC4)c(=O)c21. The molecule has 0 aromatic carbocycles. The number of anilines is 1. The lowest BCUT2D eigenvalue weighted by Gasteiger charge is -2.07. The second-order valence-corrected chi connectivity index (χ2v) is 8.50. The molecule has 1 aliphatic rings. The van der Waals surface area contributed by atoms with Crippen LogP contribution in [0.3, 0.4) is 0 Å². The standard InChI is InChI=1S/C20H18N8OS/c1-27-16-14(17-19(27)25-15(30-17)8-12-5-7-22-26-12)9-23-28(20(16)29)10-13-3-2-11-4-6-21-18(11)24-13/h2-3,5,7,9H,4,6,8,10H2,1H3,(H,21,24)(H,22,26). The Labute approximate surface area is 174 Å². The third-order valence-electron chi connectivity index (χ3n) is 5.50. The van der Waals surface area contributed by atoms with E-state index in [1.807, 2.05) is 23.7 Å². The highest BCUT2D eigenvalue weighted by Gasteiger charge is 2.19. The van der Waals surface area contributed by atoms with Gasteiger partial charge in [0, 0.05) is 31.6 Å². The number of fused-ring (bicyclic) bond motifs is 4. The smallest absolute Gasteiger partial charge is 0.291 e. The molecule has 0 saturated carbocycles. The fraction of sp³-hybridized carbons (Fsp3) is 0.250. The van der Waals surface area contributed by atoms with E-state index < -0.39 is 0 Å². The monoisotopic (exact) mass is 418 g/mol. The first-order valence-corrected chi connectivity index (χ1v) is 10.5. The van der Waals surface area contributed by atoms with Crippen molar-refractivity contribution in [1.82, 2.24) is 34.5 Å². The van der Waals surface area contributed by atoms with Crippen molar-refractivity contribution in [2.45, 2.75) is 19.4 Å². The molecule has 6 heterocycles. The second-order valence-electron chi connectivity index (χ2n) is 7.42. The van der Waals surface area contributed by atoms with Crippen LogP contribution in [-0.2, 0) is 26.4 Å². The zero-order chi connectivity index (χ0) is 20.2. The minimum absolute atomic E-state index is 0.135. The van der Waals surface area contributed by atoms with Crippen LogP contribution >= 0.6 is 11.3 Å². The first-order valence-electron chi connectivity index (χ1n) is 9.72. The molecule has 0 spiro atoms. The van der Waals surface area contributed by atoms with Crippen LogP contribution in [-0.4, -0.2) is 41.1 Å². The molecule has 0 unspecified atom stereocenters. The maximum absolute atomic E-state index is 13.2. The third kappa shape index (κ3) is 2.64. The fourth-order valence-corrected chi connectivity index (χ4v) is 5.13. The van der Waals surface area contributed by atoms with Crippen LogP contribution in [0.15, 0.2) is 35.4 Å². The van der Waals surface area contributed by atoms with Gasteiger partial charge in [-0.3, -0.25) is 9.89 Å². The number of hydrogen-bond acceptors (Lipinski definition) is 7. The molecule has 1 aliphatic heterocycles. The van der Waals surface area contributed by atoms with Crippen molar-refractivity contribution in [3.63, 3.8) is 0 Å². The molecule has 0 atom stereocenters. The van der Waals surface area contributed by atoms with Crippen molar-refractivity contribution in [3.05, 3.63) is 62.9 Å². The lowest BCUT2D eigenvalue weighted by atomic mass is 10.2. The molecule has 0 saturated heterocycles. The number of nitrogens with one attached hydrogen (secondary N) is 2. The van der Waals surface area contributed by atoms with Gasteiger partial charge in [0.25, 0.3) is 5.56 Å². The number of aryl methyl sites for hydroxylation is 1. The van der Waals surface area contributed by atoms with Crippen molar-refractivity contribution in [2.75, 3.05) is 11.9 Å². The van der Waals surface area contributed by atoms with Crippen LogP contribution in [0.4, 0.5) is 5.82 Å². The minimum Gasteiger partial charge on any atom is -0.370 e. The summed E-state index contributed by atoms with van der Waals surface area (Å²) in [4.78, 5) is 22.6. The molecule has 6 rings (SSSR count). The summed E-state index contributed by atoms with van der Waals surface area (Å²) in [5.74, 6) is 0.912. The first-order chi connectivity index (χ1) is 14.7. The zero-order valence-electron chi connectivity index (χ0n) is 16.2. The van der Waals surface area contributed by atoms with Crippen LogP contribution in [0.1, 0.15) is 22.0 Å². The topological polar surface area (TPSA) is 106 Å². The van der Waals surface area contributed by atoms with E-state index in [2.05, 4.69) is 31.7 Å². The second kappa shape index (κ2) is 6.49. The maximum atomic E-state index is 13.2. The van der Waals surface area contributed by atoms with E-state index >= 15 is 0 Å². The molecular weight excluding hydrogens is 400 g/mol. The zero-order valence-corrected chi connectivity index (χ0v) is 17.0. The fourth-order valence-electron chi connectivity index (χ4n) is 4.01. The molecule has 0 fully saturated rings. The molecule has 9 nitrogen and oxygen atoms in total. The molecule has 0 aliphatic carbocycles. The average Bonchev–Trinajstić information content (AvgIpc) is 3.51. The van der Waals surface area contributed by atoms with Crippen LogP contribution in [0.2, 0.25) is 0 Å². The lowest BCUT2D eigenvalue weighted by molar-refractivity contribution is 0.633. The van der Waals surface area contributed by atoms with Gasteiger partial charge in [-0.2, -0.15) is 10.2 Å². The summed E-state index contributed by atoms with van der Waals surface area (Å²) < 4.78 is 4.32. The predicted molar refractivity (Wildman–Crippen MR) is 115 cm³/mol. The Hall–Kier alpha value is -3.53. The highest BCUT2D eigenvalue weighted by Crippen LogP contribution is 2.31. The van der Waals surface area contributed by atoms with Crippen LogP contribution in [0.25, 0.3) is 21.3 Å². The molecule has 0 radical (unpaired) electrons. The summed E-state index contributed by atoms with van der Waals surface area (Å²) in [6.07, 6.45) is 5.21. The highest BCUT2D eigenvalue weighted by atomic mass is 32.1. The Morgan fingerprint density at radius 3 is 3.00 bits per heavy atom. The number of nitrogens with zero attached hydrogens (tertiary/aromatic N) is 6. The van der Waals surface area contributed by atoms with Gasteiger partial charge in [0.05, 0.1) is 28.8 Å². The van der Waals surface area contributed by atoms with Gasteiger partial charge in [0.1, 0.15) is 16.3 Å². The summed E-state index contributed by atoms with van der Waals surface area (Å²) in [5.41, 5.74) is 4.25. The number of hydrogen-bond donors (Lipinski definition) is 2. The van der Waals surface area contributed by atoms with E-state index in [0.717, 1.165) is 50.9 Å². The maximum Gasteiger partial charge on any atom is 0.291 e. The Bertz CT molecular complexity index is 1460. The summed E-state index contributed by atoms with van der Waals surface area (Å²) >= 11 is 1.58. The van der Waals surface area contributed by atoms with Gasteiger partial charge in [-0.15, -0.1) is 11.3 Å². The van der Waals surface area contributed by atoms with Gasteiger partial charge in [-0.25, -0.2) is 14.6 Å². The van der Waals surface area contributed by atoms with Crippen LogP contribution in [0.5, 0.6) is 0 Å². The predicted octanol–water partition coefficient (Wildman–Crippen LogP) is 2.07. The Morgan fingerprint density at radius 1 is 1.20 bits per heavy atom. The number of aromatic nitrogens is 7. The molecule has 30 heavy (non-hydrogen) atoms. The van der Waals surface area contributed by atoms with E-state index in [0.29, 0.717) is 18.5 Å². The first kappa shape index (κ1) is 17.3. The van der Waals surface area contributed by atoms with Gasteiger partial charge in [-0.05, 0) is 24.1 Å². The van der Waals surface area contributed by atoms with E-state index in [1.165, 1.54) is 10.2 Å². The van der Waals surface area contributed by atoms with E-state index in [4.69, 9.17) is 4.98 Å². The van der Waals surface area contributed by atoms with Crippen molar-refractivity contribution < 1.29 is 0 Å². The van der Waals surface area contributed by atoms with Crippen molar-refractivity contribution in [2.24, 2.45) is 7.05 Å². The van der Waals surface area contributed by atoms with Crippen molar-refractivity contribution >= 4 is 38.4 Å². The summed E-state index contributed by atoms with van der Waals surface area (Å²) in [6, 6.07) is 5.98. The molecule has 0 amide bonds. The molecule has 5 aromatic rings. The minimum atomic E-state index is -0.135. The number of pyridine rings is 1. The van der Waals surface area contributed by atoms with E-state index in [1.54, 1.807) is 23.7 Å². The number of H-pyrrole nitrogens is 1. The van der Waals surface area contributed by atoms with Gasteiger partial charge in [-0.1, -0.05) is 6.07 Å². The molecule has 2 N–H and O–H groups in total. The molecule has 5 aromatic heterocycles. The van der Waals surface area contributed by atoms with Crippen LogP contribution in [0, 0.1) is 0 Å². The van der Waals surface area contributed by atoms with Gasteiger partial charge < -0.3 is 9.88 Å². The Morgan fingerprint density at radius 2 is 2.13 bits per heavy atom. The summed E-state index contributed by atoms with van der Waals surface area (Å²) in [5, 5.41) is 16.5. The molecule has 10 heteroatoms. The quantitative estimate of drug-likeness (QED) is 0.463. The largest absolute Gasteiger partial charge is 0.370 e. The molecule has 0 bridgehead atoms. The number of thiazole rings is 1. The lowest BCUT2D eigenvalue weighted by Crippen LogP contribution is -2.25. The molecule has 150 valence electrons. The van der Waals surface area contributed by atoms with Crippen LogP contribution < -0.4 is 10.9 Å². The van der Waals surface area contributed by atoms with Crippen molar-refractivity contribution in [3.8, 4) is 0 Å².